The molecule has 1 fully saturated rings. The number of hydrogen-bond acceptors (Lipinski definition) is 7. The number of amides is 2. The van der Waals surface area contributed by atoms with Gasteiger partial charge < -0.3 is 10.1 Å². The first-order valence-electron chi connectivity index (χ1n) is 7.35. The molecule has 130 valence electrons. The Hall–Kier alpha value is -1.45. The van der Waals surface area contributed by atoms with E-state index in [0.717, 1.165) is 10.4 Å². The van der Waals surface area contributed by atoms with E-state index >= 15 is 0 Å². The van der Waals surface area contributed by atoms with Gasteiger partial charge in [-0.2, -0.15) is 0 Å². The Bertz CT molecular complexity index is 714. The molecule has 2 rings (SSSR count). The zero-order chi connectivity index (χ0) is 18.0. The average molecular weight is 387 g/mol. The van der Waals surface area contributed by atoms with Crippen LogP contribution in [0.3, 0.4) is 0 Å². The molecule has 24 heavy (non-hydrogen) atoms. The molecule has 0 radical (unpaired) electrons. The largest absolute Gasteiger partial charge is 0.462 e. The van der Waals surface area contributed by atoms with Gasteiger partial charge in [0.2, 0.25) is 11.8 Å². The van der Waals surface area contributed by atoms with Crippen LogP contribution in [0.15, 0.2) is 0 Å². The lowest BCUT2D eigenvalue weighted by Gasteiger charge is -2.14. The number of ether oxygens (including phenoxy) is 1. The van der Waals surface area contributed by atoms with E-state index in [0.29, 0.717) is 14.9 Å². The summed E-state index contributed by atoms with van der Waals surface area (Å²) >= 11 is 7.69. The van der Waals surface area contributed by atoms with Gasteiger partial charge >= 0.3 is 5.97 Å². The monoisotopic (exact) mass is 386 g/mol. The van der Waals surface area contributed by atoms with Crippen molar-refractivity contribution in [1.29, 1.82) is 0 Å². The fraction of sp³-hybridized carbons (Fsp3) is 0.467. The number of aryl methyl sites for hydroxylation is 1. The van der Waals surface area contributed by atoms with Crippen molar-refractivity contribution in [2.75, 3.05) is 18.5 Å². The molecular weight excluding hydrogens is 368 g/mol. The molecule has 1 saturated heterocycles. The van der Waals surface area contributed by atoms with E-state index < -0.39 is 11.9 Å². The molecule has 0 spiro atoms. The van der Waals surface area contributed by atoms with Crippen LogP contribution < -0.4 is 5.32 Å². The normalized spacial score (nSPS) is 17.3. The van der Waals surface area contributed by atoms with Gasteiger partial charge in [-0.3, -0.25) is 14.5 Å². The summed E-state index contributed by atoms with van der Waals surface area (Å²) in [4.78, 5) is 38.6. The van der Waals surface area contributed by atoms with E-state index in [9.17, 15) is 14.4 Å². The molecule has 0 aliphatic carbocycles. The number of carbonyl (C=O) groups excluding carboxylic acids is 3. The molecule has 2 heterocycles. The molecule has 1 atom stereocenters. The second kappa shape index (κ2) is 7.62. The molecule has 1 aliphatic heterocycles. The SMILES string of the molecule is CCOC(=O)c1c(NC(=O)CN2C(=O)C(C)SC2=S)sc(C)c1C. The van der Waals surface area contributed by atoms with Gasteiger partial charge in [-0.15, -0.1) is 11.3 Å². The van der Waals surface area contributed by atoms with Crippen molar-refractivity contribution in [3.05, 3.63) is 16.0 Å². The minimum absolute atomic E-state index is 0.159. The Labute approximate surface area is 153 Å². The number of thiophene rings is 1. The second-order valence-electron chi connectivity index (χ2n) is 5.21. The molecule has 6 nitrogen and oxygen atoms in total. The number of carbonyl (C=O) groups is 3. The number of thioether (sulfide) groups is 1. The summed E-state index contributed by atoms with van der Waals surface area (Å²) in [6, 6.07) is 0. The molecule has 0 aromatic carbocycles. The van der Waals surface area contributed by atoms with Crippen LogP contribution >= 0.6 is 35.3 Å². The third-order valence-electron chi connectivity index (χ3n) is 3.53. The lowest BCUT2D eigenvalue weighted by Crippen LogP contribution is -2.37. The number of hydrogen-bond donors (Lipinski definition) is 1. The zero-order valence-corrected chi connectivity index (χ0v) is 16.2. The topological polar surface area (TPSA) is 75.7 Å². The van der Waals surface area contributed by atoms with E-state index in [1.807, 2.05) is 13.8 Å². The van der Waals surface area contributed by atoms with Gasteiger partial charge in [0, 0.05) is 4.88 Å². The first kappa shape index (κ1) is 18.9. The fourth-order valence-corrected chi connectivity index (χ4v) is 4.66. The van der Waals surface area contributed by atoms with Crippen LogP contribution in [-0.2, 0) is 14.3 Å². The minimum atomic E-state index is -0.466. The summed E-state index contributed by atoms with van der Waals surface area (Å²) in [7, 11) is 0. The van der Waals surface area contributed by atoms with Crippen LogP contribution in [0.4, 0.5) is 5.00 Å². The summed E-state index contributed by atoms with van der Waals surface area (Å²) in [5, 5.41) is 2.88. The molecule has 1 aliphatic rings. The van der Waals surface area contributed by atoms with Crippen molar-refractivity contribution in [2.24, 2.45) is 0 Å². The summed E-state index contributed by atoms with van der Waals surface area (Å²) in [5.74, 6) is -1.04. The van der Waals surface area contributed by atoms with E-state index in [2.05, 4.69) is 5.32 Å². The fourth-order valence-electron chi connectivity index (χ4n) is 2.19. The van der Waals surface area contributed by atoms with Crippen molar-refractivity contribution in [2.45, 2.75) is 32.9 Å². The number of anilines is 1. The molecular formula is C15H18N2O4S3. The second-order valence-corrected chi connectivity index (χ2v) is 8.41. The van der Waals surface area contributed by atoms with Crippen molar-refractivity contribution in [3.8, 4) is 0 Å². The number of nitrogens with one attached hydrogen (secondary N) is 1. The van der Waals surface area contributed by atoms with Crippen molar-refractivity contribution in [1.82, 2.24) is 4.90 Å². The average Bonchev–Trinajstić information content (AvgIpc) is 2.90. The highest BCUT2D eigenvalue weighted by Crippen LogP contribution is 2.33. The lowest BCUT2D eigenvalue weighted by atomic mass is 10.1. The van der Waals surface area contributed by atoms with Crippen LogP contribution in [0.1, 0.15) is 34.6 Å². The zero-order valence-electron chi connectivity index (χ0n) is 13.8. The van der Waals surface area contributed by atoms with Crippen LogP contribution in [0.5, 0.6) is 0 Å². The van der Waals surface area contributed by atoms with E-state index in [4.69, 9.17) is 17.0 Å². The molecule has 9 heteroatoms. The minimum Gasteiger partial charge on any atom is -0.462 e. The Morgan fingerprint density at radius 3 is 2.58 bits per heavy atom. The molecule has 0 bridgehead atoms. The van der Waals surface area contributed by atoms with Gasteiger partial charge in [0.05, 0.1) is 17.4 Å². The quantitative estimate of drug-likeness (QED) is 0.619. The number of esters is 1. The van der Waals surface area contributed by atoms with Crippen LogP contribution in [0.2, 0.25) is 0 Å². The number of thiocarbonyl (C=S) groups is 1. The lowest BCUT2D eigenvalue weighted by molar-refractivity contribution is -0.129. The Morgan fingerprint density at radius 2 is 2.04 bits per heavy atom. The highest BCUT2D eigenvalue weighted by Gasteiger charge is 2.35. The van der Waals surface area contributed by atoms with Gasteiger partial charge in [-0.25, -0.2) is 4.79 Å². The van der Waals surface area contributed by atoms with Gasteiger partial charge in [0.25, 0.3) is 0 Å². The third kappa shape index (κ3) is 3.79. The summed E-state index contributed by atoms with van der Waals surface area (Å²) in [5.41, 5.74) is 1.15. The smallest absolute Gasteiger partial charge is 0.341 e. The molecule has 1 N–H and O–H groups in total. The first-order chi connectivity index (χ1) is 11.3. The Balaban J connectivity index is 2.15. The van der Waals surface area contributed by atoms with Crippen molar-refractivity contribution >= 4 is 62.4 Å². The molecule has 1 unspecified atom stereocenters. The summed E-state index contributed by atoms with van der Waals surface area (Å²) in [6.45, 7) is 7.26. The maximum absolute atomic E-state index is 12.3. The maximum atomic E-state index is 12.3. The van der Waals surface area contributed by atoms with E-state index in [-0.39, 0.29) is 24.3 Å². The van der Waals surface area contributed by atoms with Gasteiger partial charge in [-0.1, -0.05) is 24.0 Å². The van der Waals surface area contributed by atoms with Crippen LogP contribution in [0, 0.1) is 13.8 Å². The number of rotatable bonds is 5. The van der Waals surface area contributed by atoms with Crippen LogP contribution in [-0.4, -0.2) is 45.4 Å². The van der Waals surface area contributed by atoms with E-state index in [1.165, 1.54) is 28.0 Å². The van der Waals surface area contributed by atoms with Gasteiger partial charge in [0.15, 0.2) is 0 Å². The Morgan fingerprint density at radius 1 is 1.38 bits per heavy atom. The third-order valence-corrected chi connectivity index (χ3v) is 6.14. The first-order valence-corrected chi connectivity index (χ1v) is 9.45. The predicted octanol–water partition coefficient (Wildman–Crippen LogP) is 2.73. The van der Waals surface area contributed by atoms with Gasteiger partial charge in [-0.05, 0) is 33.3 Å². The standard InChI is InChI=1S/C15H18N2O4S3/c1-5-21-14(20)11-7(2)8(3)23-12(11)16-10(18)6-17-13(19)9(4)24-15(17)22/h9H,5-6H2,1-4H3,(H,16,18). The maximum Gasteiger partial charge on any atom is 0.341 e. The molecule has 0 saturated carbocycles. The molecule has 2 amide bonds. The van der Waals surface area contributed by atoms with Gasteiger partial charge in [0.1, 0.15) is 15.9 Å². The highest BCUT2D eigenvalue weighted by molar-refractivity contribution is 8.24. The van der Waals surface area contributed by atoms with Crippen LogP contribution in [0.25, 0.3) is 0 Å². The summed E-state index contributed by atoms with van der Waals surface area (Å²) in [6.07, 6.45) is 0. The van der Waals surface area contributed by atoms with Crippen molar-refractivity contribution < 1.29 is 19.1 Å². The van der Waals surface area contributed by atoms with Crippen molar-refractivity contribution in [3.63, 3.8) is 0 Å². The highest BCUT2D eigenvalue weighted by atomic mass is 32.2. The predicted molar refractivity (Wildman–Crippen MR) is 99.7 cm³/mol. The number of nitrogens with zero attached hydrogens (tertiary/aromatic N) is 1. The van der Waals surface area contributed by atoms with E-state index in [1.54, 1.807) is 13.8 Å². The Kier molecular flexibility index (Phi) is 6.00. The summed E-state index contributed by atoms with van der Waals surface area (Å²) < 4.78 is 5.45. The molecule has 1 aromatic heterocycles. The molecule has 1 aromatic rings.